The zero-order valence-electron chi connectivity index (χ0n) is 12.7. The lowest BCUT2D eigenvalue weighted by molar-refractivity contribution is -0.130. The van der Waals surface area contributed by atoms with Gasteiger partial charge in [-0.1, -0.05) is 6.07 Å². The quantitative estimate of drug-likeness (QED) is 0.772. The predicted molar refractivity (Wildman–Crippen MR) is 88.8 cm³/mol. The van der Waals surface area contributed by atoms with Gasteiger partial charge in [-0.3, -0.25) is 4.79 Å². The Labute approximate surface area is 139 Å². The van der Waals surface area contributed by atoms with Crippen molar-refractivity contribution in [1.29, 1.82) is 0 Å². The van der Waals surface area contributed by atoms with Crippen molar-refractivity contribution in [3.8, 4) is 5.75 Å². The maximum absolute atomic E-state index is 12.2. The normalized spacial score (nSPS) is 18.5. The number of sulfone groups is 1. The monoisotopic (exact) mass is 389 g/mol. The summed E-state index contributed by atoms with van der Waals surface area (Å²) in [4.78, 5) is 13.9. The second-order valence-electron chi connectivity index (χ2n) is 5.55. The molecule has 0 radical (unpaired) electrons. The summed E-state index contributed by atoms with van der Waals surface area (Å²) in [7, 11) is -1.46. The highest BCUT2D eigenvalue weighted by Gasteiger charge is 2.32. The Bertz CT molecular complexity index is 660. The molecule has 7 heteroatoms. The van der Waals surface area contributed by atoms with Crippen molar-refractivity contribution >= 4 is 31.7 Å². The highest BCUT2D eigenvalue weighted by Crippen LogP contribution is 2.26. The molecule has 0 spiro atoms. The Morgan fingerprint density at radius 1 is 1.45 bits per heavy atom. The molecule has 1 aliphatic rings. The molecule has 1 aromatic carbocycles. The minimum atomic E-state index is -3.06. The van der Waals surface area contributed by atoms with Crippen LogP contribution in [0.4, 0.5) is 0 Å². The zero-order chi connectivity index (χ0) is 16.3. The van der Waals surface area contributed by atoms with E-state index in [1.54, 1.807) is 12.0 Å². The SMILES string of the molecule is COc1ccc(CCC(=O)N2CCC(S(C)(=O)=O)C2)cc1Br. The van der Waals surface area contributed by atoms with Gasteiger partial charge in [0.15, 0.2) is 9.84 Å². The first kappa shape index (κ1) is 17.3. The summed E-state index contributed by atoms with van der Waals surface area (Å²) in [5.74, 6) is 0.767. The summed E-state index contributed by atoms with van der Waals surface area (Å²) in [5.41, 5.74) is 1.04. The number of benzene rings is 1. The van der Waals surface area contributed by atoms with Crippen LogP contribution >= 0.6 is 15.9 Å². The number of aryl methyl sites for hydroxylation is 1. The fourth-order valence-corrected chi connectivity index (χ4v) is 4.15. The summed E-state index contributed by atoms with van der Waals surface area (Å²) >= 11 is 3.42. The van der Waals surface area contributed by atoms with Crippen molar-refractivity contribution in [2.24, 2.45) is 0 Å². The van der Waals surface area contributed by atoms with E-state index in [2.05, 4.69) is 15.9 Å². The van der Waals surface area contributed by atoms with Crippen LogP contribution in [0, 0.1) is 0 Å². The third kappa shape index (κ3) is 4.23. The van der Waals surface area contributed by atoms with Crippen molar-refractivity contribution in [3.05, 3.63) is 28.2 Å². The van der Waals surface area contributed by atoms with Crippen molar-refractivity contribution in [1.82, 2.24) is 4.90 Å². The van der Waals surface area contributed by atoms with E-state index in [1.165, 1.54) is 6.26 Å². The number of ether oxygens (including phenoxy) is 1. The minimum Gasteiger partial charge on any atom is -0.496 e. The van der Waals surface area contributed by atoms with Crippen LogP contribution in [-0.2, 0) is 21.1 Å². The van der Waals surface area contributed by atoms with Gasteiger partial charge in [0.05, 0.1) is 16.8 Å². The van der Waals surface area contributed by atoms with Crippen LogP contribution in [0.25, 0.3) is 0 Å². The first-order valence-electron chi connectivity index (χ1n) is 7.10. The molecule has 0 bridgehead atoms. The molecule has 1 unspecified atom stereocenters. The fraction of sp³-hybridized carbons (Fsp3) is 0.533. The van der Waals surface area contributed by atoms with Gasteiger partial charge in [0, 0.05) is 25.8 Å². The minimum absolute atomic E-state index is 0.0121. The lowest BCUT2D eigenvalue weighted by Crippen LogP contribution is -2.31. The van der Waals surface area contributed by atoms with Gasteiger partial charge >= 0.3 is 0 Å². The predicted octanol–water partition coefficient (Wildman–Crippen LogP) is 2.04. The van der Waals surface area contributed by atoms with Crippen molar-refractivity contribution in [2.45, 2.75) is 24.5 Å². The fourth-order valence-electron chi connectivity index (χ4n) is 2.58. The van der Waals surface area contributed by atoms with Gasteiger partial charge < -0.3 is 9.64 Å². The molecule has 0 aromatic heterocycles. The molecule has 0 saturated carbocycles. The number of nitrogens with zero attached hydrogens (tertiary/aromatic N) is 1. The van der Waals surface area contributed by atoms with Crippen LogP contribution in [-0.4, -0.2) is 50.9 Å². The Balaban J connectivity index is 1.90. The number of halogens is 1. The smallest absolute Gasteiger partial charge is 0.222 e. The van der Waals surface area contributed by atoms with Crippen molar-refractivity contribution in [2.75, 3.05) is 26.5 Å². The molecular weight excluding hydrogens is 370 g/mol. The highest BCUT2D eigenvalue weighted by atomic mass is 79.9. The van der Waals surface area contributed by atoms with Crippen LogP contribution in [0.1, 0.15) is 18.4 Å². The molecule has 22 heavy (non-hydrogen) atoms. The lowest BCUT2D eigenvalue weighted by atomic mass is 10.1. The molecule has 5 nitrogen and oxygen atoms in total. The van der Waals surface area contributed by atoms with Gasteiger partial charge in [0.25, 0.3) is 0 Å². The van der Waals surface area contributed by atoms with E-state index < -0.39 is 15.1 Å². The molecule has 1 saturated heterocycles. The number of hydrogen-bond donors (Lipinski definition) is 0. The van der Waals surface area contributed by atoms with E-state index in [0.717, 1.165) is 15.8 Å². The maximum Gasteiger partial charge on any atom is 0.222 e. The van der Waals surface area contributed by atoms with Crippen LogP contribution in [0.5, 0.6) is 5.75 Å². The summed E-state index contributed by atoms with van der Waals surface area (Å²) in [6, 6.07) is 5.73. The second-order valence-corrected chi connectivity index (χ2v) is 8.73. The zero-order valence-corrected chi connectivity index (χ0v) is 15.1. The number of methoxy groups -OCH3 is 1. The molecule has 122 valence electrons. The molecule has 2 rings (SSSR count). The number of carbonyl (C=O) groups excluding carboxylic acids is 1. The maximum atomic E-state index is 12.2. The lowest BCUT2D eigenvalue weighted by Gasteiger charge is -2.16. The topological polar surface area (TPSA) is 63.7 Å². The van der Waals surface area contributed by atoms with Crippen molar-refractivity contribution < 1.29 is 17.9 Å². The first-order chi connectivity index (χ1) is 10.3. The number of rotatable bonds is 5. The van der Waals surface area contributed by atoms with Gasteiger partial charge in [-0.05, 0) is 46.5 Å². The Morgan fingerprint density at radius 2 is 2.18 bits per heavy atom. The van der Waals surface area contributed by atoms with E-state index in [4.69, 9.17) is 4.74 Å². The van der Waals surface area contributed by atoms with Crippen LogP contribution < -0.4 is 4.74 Å². The van der Waals surface area contributed by atoms with E-state index in [-0.39, 0.29) is 5.91 Å². The number of amides is 1. The Hall–Kier alpha value is -1.08. The molecular formula is C15H20BrNO4S. The van der Waals surface area contributed by atoms with Gasteiger partial charge in [-0.2, -0.15) is 0 Å². The van der Waals surface area contributed by atoms with Gasteiger partial charge in [-0.15, -0.1) is 0 Å². The Morgan fingerprint density at radius 3 is 2.73 bits per heavy atom. The Kier molecular flexibility index (Phi) is 5.50. The van der Waals surface area contributed by atoms with E-state index in [1.807, 2.05) is 18.2 Å². The van der Waals surface area contributed by atoms with Crippen LogP contribution in [0.3, 0.4) is 0 Å². The van der Waals surface area contributed by atoms with E-state index in [9.17, 15) is 13.2 Å². The molecule has 1 aliphatic heterocycles. The number of likely N-dealkylation sites (tertiary alicyclic amines) is 1. The van der Waals surface area contributed by atoms with E-state index in [0.29, 0.717) is 32.4 Å². The van der Waals surface area contributed by atoms with Crippen LogP contribution in [0.15, 0.2) is 22.7 Å². The van der Waals surface area contributed by atoms with Crippen molar-refractivity contribution in [3.63, 3.8) is 0 Å². The summed E-state index contributed by atoms with van der Waals surface area (Å²) < 4.78 is 29.1. The molecule has 0 aliphatic carbocycles. The van der Waals surface area contributed by atoms with E-state index >= 15 is 0 Å². The standard InChI is InChI=1S/C15H20BrNO4S/c1-21-14-5-3-11(9-13(14)16)4-6-15(18)17-8-7-12(10-17)22(2,19)20/h3,5,9,12H,4,6-8,10H2,1-2H3. The summed E-state index contributed by atoms with van der Waals surface area (Å²) in [5, 5.41) is -0.411. The molecule has 1 amide bonds. The molecule has 0 N–H and O–H groups in total. The average molecular weight is 390 g/mol. The largest absolute Gasteiger partial charge is 0.496 e. The molecule has 1 heterocycles. The first-order valence-corrected chi connectivity index (χ1v) is 9.85. The summed E-state index contributed by atoms with van der Waals surface area (Å²) in [6.07, 6.45) is 2.79. The van der Waals surface area contributed by atoms with Gasteiger partial charge in [-0.25, -0.2) is 8.42 Å². The van der Waals surface area contributed by atoms with Crippen LogP contribution in [0.2, 0.25) is 0 Å². The van der Waals surface area contributed by atoms with Gasteiger partial charge in [0.2, 0.25) is 5.91 Å². The summed E-state index contributed by atoms with van der Waals surface area (Å²) in [6.45, 7) is 0.854. The average Bonchev–Trinajstić information content (AvgIpc) is 2.95. The third-order valence-corrected chi connectivity index (χ3v) is 6.16. The molecule has 1 aromatic rings. The highest BCUT2D eigenvalue weighted by molar-refractivity contribution is 9.10. The number of carbonyl (C=O) groups is 1. The number of hydrogen-bond acceptors (Lipinski definition) is 4. The second kappa shape index (κ2) is 7.00. The molecule has 1 atom stereocenters. The molecule has 1 fully saturated rings. The van der Waals surface area contributed by atoms with Gasteiger partial charge in [0.1, 0.15) is 5.75 Å². The third-order valence-electron chi connectivity index (χ3n) is 3.95.